The zero-order valence-electron chi connectivity index (χ0n) is 77.8. The topological polar surface area (TPSA) is 606 Å². The van der Waals surface area contributed by atoms with Gasteiger partial charge in [0.2, 0.25) is 94.4 Å². The first-order chi connectivity index (χ1) is 66.1. The van der Waals surface area contributed by atoms with Gasteiger partial charge < -0.3 is 110 Å². The summed E-state index contributed by atoms with van der Waals surface area (Å²) in [5.74, 6) is -35.8. The molecule has 0 radical (unpaired) electrons. The largest absolute Gasteiger partial charge is 0.394 e. The van der Waals surface area contributed by atoms with E-state index in [4.69, 9.17) is 22.6 Å². The Morgan fingerprint density at radius 3 is 1.77 bits per heavy atom. The fourth-order valence-corrected chi connectivity index (χ4v) is 17.4. The summed E-state index contributed by atoms with van der Waals surface area (Å²) in [6.07, 6.45) is -0.323. The number of amides is 15. The van der Waals surface area contributed by atoms with Crippen molar-refractivity contribution in [2.75, 3.05) is 65.4 Å². The number of imidazole rings is 1. The van der Waals surface area contributed by atoms with Gasteiger partial charge in [0.25, 0.3) is 0 Å². The summed E-state index contributed by atoms with van der Waals surface area (Å²) in [7, 11) is 3.46. The van der Waals surface area contributed by atoms with E-state index in [0.717, 1.165) is 21.7 Å². The number of carbonyl (C=O) groups is 17. The molecule has 4 aromatic carbocycles. The second-order valence-corrected chi connectivity index (χ2v) is 36.0. The van der Waals surface area contributed by atoms with Crippen molar-refractivity contribution in [1.82, 2.24) is 92.7 Å². The molecule has 7 aromatic rings. The van der Waals surface area contributed by atoms with E-state index in [2.05, 4.69) is 73.1 Å². The molecule has 46 heteroatoms. The number of fused-ring (bicyclic) bond motifs is 3. The number of aromatic amines is 3. The Balaban J connectivity index is 1.12. The molecule has 0 aliphatic carbocycles. The average Bonchev–Trinajstić information content (AvgIpc) is 1.40. The van der Waals surface area contributed by atoms with Gasteiger partial charge in [0.05, 0.1) is 44.2 Å². The van der Waals surface area contributed by atoms with Gasteiger partial charge in [0, 0.05) is 136 Å². The molecule has 2 aliphatic heterocycles. The van der Waals surface area contributed by atoms with E-state index in [9.17, 15) is 67.0 Å². The maximum Gasteiger partial charge on any atom is 0.246 e. The average molecular weight is 1960 g/mol. The lowest BCUT2D eigenvalue weighted by atomic mass is 9.88. The Hall–Kier alpha value is -14.2. The van der Waals surface area contributed by atoms with E-state index >= 15 is 41.5 Å². The molecule has 5 heterocycles. The van der Waals surface area contributed by atoms with Crippen molar-refractivity contribution < 1.29 is 109 Å². The highest BCUT2D eigenvalue weighted by Gasteiger charge is 2.44. The number of nitrogens with zero attached hydrogens (tertiary/aromatic N) is 5. The van der Waals surface area contributed by atoms with Crippen molar-refractivity contribution in [3.8, 4) is 0 Å². The molecule has 139 heavy (non-hydrogen) atoms. The van der Waals surface area contributed by atoms with Crippen LogP contribution in [0.2, 0.25) is 0 Å². The number of unbranched alkanes of at least 4 members (excludes halogenated alkanes) is 1. The zero-order chi connectivity index (χ0) is 102. The predicted molar refractivity (Wildman–Crippen MR) is 498 cm³/mol. The number of primary amides is 2. The number of nitrogens with two attached hydrogens (primary N) is 3. The van der Waals surface area contributed by atoms with Crippen molar-refractivity contribution in [2.45, 2.75) is 197 Å². The maximum absolute atomic E-state index is 16.2. The number of aliphatic hydroxyl groups excluding tert-OH is 1. The van der Waals surface area contributed by atoms with Crippen LogP contribution in [0.5, 0.6) is 0 Å². The van der Waals surface area contributed by atoms with Crippen molar-refractivity contribution in [1.29, 1.82) is 5.41 Å². The Morgan fingerprint density at radius 2 is 1.16 bits per heavy atom. The van der Waals surface area contributed by atoms with Crippen LogP contribution in [0.25, 0.3) is 21.8 Å². The number of ketones is 2. The molecule has 13 atom stereocenters. The van der Waals surface area contributed by atoms with Gasteiger partial charge >= 0.3 is 0 Å². The summed E-state index contributed by atoms with van der Waals surface area (Å²) < 4.78 is 78.3. The van der Waals surface area contributed by atoms with Crippen LogP contribution < -0.4 is 70.4 Å². The summed E-state index contributed by atoms with van der Waals surface area (Å²) in [6.45, 7) is 3.37. The minimum atomic E-state index is -2.59. The molecular formula is C93H119F5N22O18S. The third-order valence-electron chi connectivity index (χ3n) is 24.1. The number of hydrogen-bond acceptors (Lipinski definition) is 21. The number of rotatable bonds is 25. The number of likely N-dealkylation sites (N-methyl/N-ethyl adjacent to an activating group) is 3. The molecule has 0 spiro atoms. The van der Waals surface area contributed by atoms with E-state index in [1.807, 2.05) is 0 Å². The number of halogens is 5. The Labute approximate surface area is 800 Å². The van der Waals surface area contributed by atoms with Gasteiger partial charge in [-0.2, -0.15) is 0 Å². The minimum absolute atomic E-state index is 0.0204. The van der Waals surface area contributed by atoms with Gasteiger partial charge in [-0.3, -0.25) is 86.9 Å². The van der Waals surface area contributed by atoms with Gasteiger partial charge in [-0.25, -0.2) is 26.9 Å². The molecule has 15 amide bonds. The van der Waals surface area contributed by atoms with Crippen molar-refractivity contribution in [2.24, 2.45) is 35.0 Å². The number of nitrogens with one attached hydrogen (secondary N) is 14. The van der Waals surface area contributed by atoms with Crippen molar-refractivity contribution >= 4 is 140 Å². The van der Waals surface area contributed by atoms with Crippen LogP contribution in [-0.2, 0) is 114 Å². The molecule has 21 N–H and O–H groups in total. The van der Waals surface area contributed by atoms with Crippen LogP contribution in [0.1, 0.15) is 126 Å². The molecule has 2 saturated heterocycles. The molecule has 2 fully saturated rings. The highest BCUT2D eigenvalue weighted by Crippen LogP contribution is 2.31. The number of H-pyrrole nitrogens is 3. The Morgan fingerprint density at radius 1 is 0.568 bits per heavy atom. The molecule has 0 bridgehead atoms. The van der Waals surface area contributed by atoms with Crippen LogP contribution in [-0.4, -0.2) is 283 Å². The molecule has 9 rings (SSSR count). The van der Waals surface area contributed by atoms with Gasteiger partial charge in [-0.1, -0.05) is 100 Å². The number of guanidine groups is 1. The third-order valence-corrected chi connectivity index (χ3v) is 25.1. The van der Waals surface area contributed by atoms with Crippen LogP contribution in [0.3, 0.4) is 0 Å². The number of aliphatic hydroxyl groups is 1. The maximum atomic E-state index is 16.2. The van der Waals surface area contributed by atoms with E-state index in [0.29, 0.717) is 55.3 Å². The van der Waals surface area contributed by atoms with Gasteiger partial charge in [-0.05, 0) is 93.0 Å². The lowest BCUT2D eigenvalue weighted by Crippen LogP contribution is -2.60. The second kappa shape index (κ2) is 51.3. The number of thioether (sulfide) groups is 1. The lowest BCUT2D eigenvalue weighted by molar-refractivity contribution is -0.145. The van der Waals surface area contributed by atoms with Crippen LogP contribution in [0, 0.1) is 52.2 Å². The fraction of sp³-hybridized carbons (Fsp3) is 0.473. The summed E-state index contributed by atoms with van der Waals surface area (Å²) in [4.78, 5) is 266. The summed E-state index contributed by atoms with van der Waals surface area (Å²) in [5.41, 5.74) is 17.7. The summed E-state index contributed by atoms with van der Waals surface area (Å²) in [6, 6.07) is 3.22. The molecule has 0 saturated carbocycles. The lowest BCUT2D eigenvalue weighted by Gasteiger charge is -2.32. The van der Waals surface area contributed by atoms with E-state index in [1.54, 1.807) is 106 Å². The monoisotopic (exact) mass is 1960 g/mol. The molecule has 40 nitrogen and oxygen atoms in total. The third kappa shape index (κ3) is 30.1. The number of benzene rings is 4. The van der Waals surface area contributed by atoms with Crippen LogP contribution in [0.4, 0.5) is 22.0 Å². The van der Waals surface area contributed by atoms with Crippen molar-refractivity contribution in [3.63, 3.8) is 0 Å². The number of aromatic nitrogens is 4. The van der Waals surface area contributed by atoms with E-state index in [-0.39, 0.29) is 95.2 Å². The molecular weight excluding hydrogens is 1840 g/mol. The highest BCUT2D eigenvalue weighted by molar-refractivity contribution is 8.00. The number of hydrogen-bond donors (Lipinski definition) is 18. The quantitative estimate of drug-likeness (QED) is 0.00922. The van der Waals surface area contributed by atoms with Gasteiger partial charge in [-0.15, -0.1) is 11.8 Å². The summed E-state index contributed by atoms with van der Waals surface area (Å²) >= 11 is 0.693. The Kier molecular flexibility index (Phi) is 40.0. The normalized spacial score (nSPS) is 23.0. The standard InChI is InChI=1S/C93H119F5N22O18S/c1-8-9-26-70-87(133)110-62(25-17-28-104-93(101)102)84(130)116-69(83(129)107-42-74(100)125)45-139-46-75(126)109-66(31-50-19-11-10-12-20-50)91(137)118(6)49(4)81(127)113-67(38-73(99)124)92(138)120-29-18-27-71(120)88(134)112-64(37-55-41-103-47-108-55)85(131)114-65(30-48(2)3)90(136)117(5)43-56(122)33-51(32-53-39-105-60-23-15-13-21-57(53)60)82(128)115-68(44-121)86(132)111-63(35-54-40-106-61-24-16-14-22-58(54)61)72(123)36-52(89(135)119(70)7)34-59-76(94)78(96)80(98)79(97)77(59)95/h10-16,19-24,39-41,47-49,51-52,62-71,105-106,121H,8-9,17-18,25-38,42-46H2,1-7H3,(H2,99,124)(H2,100,125)(H,103,108)(H,107,129)(H,109,126)(H,110,133)(H,111,132)(H,112,134)(H,113,127)(H,114,131)(H,115,128)(H,116,130)(H4,101,102,104)/t49-,51+,52+,62-,63-,64-,65-,66-,67-,68-,69-,70-,71-/m0/s1. The van der Waals surface area contributed by atoms with Crippen molar-refractivity contribution in [3.05, 3.63) is 161 Å². The first-order valence-corrected chi connectivity index (χ1v) is 46.5. The molecule has 3 aromatic heterocycles. The first kappa shape index (κ1) is 108. The number of carbonyl (C=O) groups excluding carboxylic acids is 17. The van der Waals surface area contributed by atoms with Crippen LogP contribution >= 0.6 is 11.8 Å². The van der Waals surface area contributed by atoms with Crippen LogP contribution in [0.15, 0.2) is 104 Å². The van der Waals surface area contributed by atoms with E-state index < -0.39 is 282 Å². The smallest absolute Gasteiger partial charge is 0.246 e. The molecule has 750 valence electrons. The predicted octanol–water partition coefficient (Wildman–Crippen LogP) is 0.449. The summed E-state index contributed by atoms with van der Waals surface area (Å²) in [5, 5.41) is 45.4. The fourth-order valence-electron chi connectivity index (χ4n) is 16.6. The van der Waals surface area contributed by atoms with Gasteiger partial charge in [0.15, 0.2) is 40.8 Å². The number of Topliss-reactive ketones (excluding diaryl/α,β-unsaturated/α-hetero) is 2. The zero-order valence-corrected chi connectivity index (χ0v) is 78.6. The highest BCUT2D eigenvalue weighted by atomic mass is 32.2. The molecule has 0 unspecified atom stereocenters. The molecule has 2 aliphatic rings. The Bertz CT molecular complexity index is 5610. The second-order valence-electron chi connectivity index (χ2n) is 35.0. The SMILES string of the molecule is CCCC[C@H]1C(=O)N[C@@H](CCCNC(=N)N)C(=O)N[C@H](C(=O)NCC(N)=O)CSCC(=O)N[C@@H](Cc2ccccc2)C(=O)N(C)[C@@H](C)C(=O)N[C@@H](CC(N)=O)C(=O)N2CCC[C@H]2C(=O)N[C@@H](Cc2cnc[nH]2)C(=O)N[C@@H](CC(C)C)C(=O)N(C)CC(=O)C[C@@H](Cc2c[nH]c3ccccc23)C(=O)N[C@@H](CO)C(=O)N[C@@H](Cc2c[nH]c3ccccc23)C(=O)C[C@@H](Cc2c(F)c(F)c(F)c(F)c2F)C(=O)N1C. The van der Waals surface area contributed by atoms with Gasteiger partial charge in [0.1, 0.15) is 60.4 Å². The number of para-hydroxylation sites is 2. The van der Waals surface area contributed by atoms with E-state index in [1.165, 1.54) is 39.7 Å². The first-order valence-electron chi connectivity index (χ1n) is 45.4. The minimum Gasteiger partial charge on any atom is -0.394 e.